The summed E-state index contributed by atoms with van der Waals surface area (Å²) in [5, 5.41) is 2.56. The van der Waals surface area contributed by atoms with E-state index in [1.165, 1.54) is 19.3 Å². The molecule has 0 fully saturated rings. The monoisotopic (exact) mass is 229 g/mol. The Morgan fingerprint density at radius 1 is 1.31 bits per heavy atom. The Balaban J connectivity index is 4.06. The molecule has 1 atom stereocenters. The van der Waals surface area contributed by atoms with Crippen LogP contribution < -0.4 is 5.32 Å². The van der Waals surface area contributed by atoms with Crippen LogP contribution in [0.5, 0.6) is 0 Å². The summed E-state index contributed by atoms with van der Waals surface area (Å²) in [5.74, 6) is -0.460. The second kappa shape index (κ2) is 6.15. The quantitative estimate of drug-likeness (QED) is 0.590. The summed E-state index contributed by atoms with van der Waals surface area (Å²) in [6.07, 6.45) is 2.26. The highest BCUT2D eigenvalue weighted by Crippen LogP contribution is 2.06. The maximum Gasteiger partial charge on any atom is 0.408 e. The summed E-state index contributed by atoms with van der Waals surface area (Å²) >= 11 is 0. The third-order valence-corrected chi connectivity index (χ3v) is 1.47. The van der Waals surface area contributed by atoms with E-state index < -0.39 is 17.7 Å². The van der Waals surface area contributed by atoms with E-state index in [1.807, 2.05) is 0 Å². The molecule has 5 nitrogen and oxygen atoms in total. The lowest BCUT2D eigenvalue weighted by atomic mass is 10.2. The summed E-state index contributed by atoms with van der Waals surface area (Å²) in [6, 6.07) is -0.297. The number of carbonyl (C=O) groups is 2. The van der Waals surface area contributed by atoms with Gasteiger partial charge in [-0.25, -0.2) is 9.59 Å². The van der Waals surface area contributed by atoms with E-state index in [2.05, 4.69) is 10.1 Å². The smallest absolute Gasteiger partial charge is 0.408 e. The third kappa shape index (κ3) is 7.84. The fourth-order valence-electron chi connectivity index (χ4n) is 0.833. The molecule has 0 saturated carbocycles. The van der Waals surface area contributed by atoms with Crippen molar-refractivity contribution in [1.29, 1.82) is 0 Å². The predicted molar refractivity (Wildman–Crippen MR) is 60.0 cm³/mol. The van der Waals surface area contributed by atoms with Gasteiger partial charge in [0.05, 0.1) is 7.11 Å². The van der Waals surface area contributed by atoms with Crippen LogP contribution in [0.4, 0.5) is 4.79 Å². The van der Waals surface area contributed by atoms with Crippen molar-refractivity contribution in [3.63, 3.8) is 0 Å². The maximum absolute atomic E-state index is 11.3. The summed E-state index contributed by atoms with van der Waals surface area (Å²) in [6.45, 7) is 7.06. The highest BCUT2D eigenvalue weighted by molar-refractivity contribution is 5.82. The number of esters is 1. The van der Waals surface area contributed by atoms with Crippen molar-refractivity contribution >= 4 is 12.1 Å². The van der Waals surface area contributed by atoms with Crippen molar-refractivity contribution in [2.75, 3.05) is 7.11 Å². The molecule has 92 valence electrons. The van der Waals surface area contributed by atoms with Gasteiger partial charge in [0.1, 0.15) is 5.60 Å². The van der Waals surface area contributed by atoms with Gasteiger partial charge in [-0.05, 0) is 27.7 Å². The Kier molecular flexibility index (Phi) is 5.56. The largest absolute Gasteiger partial charge is 0.466 e. The summed E-state index contributed by atoms with van der Waals surface area (Å²) in [4.78, 5) is 22.1. The molecule has 1 N–H and O–H groups in total. The zero-order chi connectivity index (χ0) is 12.8. The molecule has 0 aromatic heterocycles. The van der Waals surface area contributed by atoms with Crippen molar-refractivity contribution in [2.24, 2.45) is 0 Å². The first kappa shape index (κ1) is 14.5. The number of carbonyl (C=O) groups excluding carboxylic acids is 2. The number of ether oxygens (including phenoxy) is 2. The van der Waals surface area contributed by atoms with Crippen molar-refractivity contribution in [3.05, 3.63) is 12.2 Å². The van der Waals surface area contributed by atoms with Crippen molar-refractivity contribution in [2.45, 2.75) is 39.3 Å². The molecule has 0 rings (SSSR count). The number of rotatable bonds is 3. The lowest BCUT2D eigenvalue weighted by molar-refractivity contribution is -0.134. The molecule has 0 aliphatic carbocycles. The van der Waals surface area contributed by atoms with E-state index in [9.17, 15) is 9.59 Å². The van der Waals surface area contributed by atoms with E-state index in [1.54, 1.807) is 27.7 Å². The van der Waals surface area contributed by atoms with Crippen molar-refractivity contribution in [1.82, 2.24) is 5.32 Å². The van der Waals surface area contributed by atoms with Crippen LogP contribution in [0.2, 0.25) is 0 Å². The first-order chi connectivity index (χ1) is 7.24. The van der Waals surface area contributed by atoms with Crippen LogP contribution in [0.25, 0.3) is 0 Å². The van der Waals surface area contributed by atoms with Gasteiger partial charge in [0.2, 0.25) is 0 Å². The van der Waals surface area contributed by atoms with Gasteiger partial charge in [0, 0.05) is 12.1 Å². The third-order valence-electron chi connectivity index (χ3n) is 1.47. The molecule has 0 radical (unpaired) electrons. The Labute approximate surface area is 95.8 Å². The maximum atomic E-state index is 11.3. The number of hydrogen-bond acceptors (Lipinski definition) is 4. The van der Waals surface area contributed by atoms with Gasteiger partial charge in [0.15, 0.2) is 0 Å². The SMILES string of the molecule is COC(=O)/C=C\[C@H](C)NC(=O)OC(C)(C)C. The minimum Gasteiger partial charge on any atom is -0.466 e. The molecule has 0 aliphatic heterocycles. The fourth-order valence-corrected chi connectivity index (χ4v) is 0.833. The molecule has 0 spiro atoms. The minimum atomic E-state index is -0.532. The molecule has 16 heavy (non-hydrogen) atoms. The molecule has 0 bridgehead atoms. The number of nitrogens with one attached hydrogen (secondary N) is 1. The van der Waals surface area contributed by atoms with Crippen molar-refractivity contribution in [3.8, 4) is 0 Å². The topological polar surface area (TPSA) is 64.6 Å². The van der Waals surface area contributed by atoms with Crippen molar-refractivity contribution < 1.29 is 19.1 Å². The molecule has 0 aromatic carbocycles. The Morgan fingerprint density at radius 3 is 2.31 bits per heavy atom. The first-order valence-electron chi connectivity index (χ1n) is 5.00. The van der Waals surface area contributed by atoms with Gasteiger partial charge in [-0.15, -0.1) is 0 Å². The van der Waals surface area contributed by atoms with Gasteiger partial charge in [-0.2, -0.15) is 0 Å². The van der Waals surface area contributed by atoms with Crippen LogP contribution in [0, 0.1) is 0 Å². The average molecular weight is 229 g/mol. The number of amides is 1. The normalized spacial score (nSPS) is 13.3. The molecule has 0 aliphatic rings. The number of alkyl carbamates (subject to hydrolysis) is 1. The van der Waals surface area contributed by atoms with E-state index in [0.717, 1.165) is 0 Å². The molecule has 1 amide bonds. The zero-order valence-corrected chi connectivity index (χ0v) is 10.4. The van der Waals surface area contributed by atoms with Crippen LogP contribution >= 0.6 is 0 Å². The molecule has 0 heterocycles. The Hall–Kier alpha value is -1.52. The highest BCUT2D eigenvalue weighted by atomic mass is 16.6. The molecule has 0 saturated heterocycles. The van der Waals surface area contributed by atoms with E-state index in [4.69, 9.17) is 4.74 Å². The second-order valence-electron chi connectivity index (χ2n) is 4.32. The average Bonchev–Trinajstić information content (AvgIpc) is 2.10. The molecular weight excluding hydrogens is 210 g/mol. The Bertz CT molecular complexity index is 278. The highest BCUT2D eigenvalue weighted by Gasteiger charge is 2.16. The van der Waals surface area contributed by atoms with Gasteiger partial charge >= 0.3 is 12.1 Å². The van der Waals surface area contributed by atoms with Gasteiger partial charge < -0.3 is 14.8 Å². The van der Waals surface area contributed by atoms with E-state index >= 15 is 0 Å². The van der Waals surface area contributed by atoms with Gasteiger partial charge in [-0.3, -0.25) is 0 Å². The minimum absolute atomic E-state index is 0.297. The van der Waals surface area contributed by atoms with Crippen LogP contribution in [0.1, 0.15) is 27.7 Å². The van der Waals surface area contributed by atoms with Gasteiger partial charge in [-0.1, -0.05) is 6.08 Å². The standard InChI is InChI=1S/C11H19NO4/c1-8(6-7-9(13)15-5)12-10(14)16-11(2,3)4/h6-8H,1-5H3,(H,12,14)/b7-6-/t8-/m0/s1. The van der Waals surface area contributed by atoms with Crippen LogP contribution in [-0.4, -0.2) is 30.8 Å². The van der Waals surface area contributed by atoms with Gasteiger partial charge in [0.25, 0.3) is 0 Å². The van der Waals surface area contributed by atoms with Crippen LogP contribution in [0.3, 0.4) is 0 Å². The van der Waals surface area contributed by atoms with E-state index in [-0.39, 0.29) is 6.04 Å². The Morgan fingerprint density at radius 2 is 1.88 bits per heavy atom. The molecule has 0 unspecified atom stereocenters. The summed E-state index contributed by atoms with van der Waals surface area (Å²) in [7, 11) is 1.29. The second-order valence-corrected chi connectivity index (χ2v) is 4.32. The summed E-state index contributed by atoms with van der Waals surface area (Å²) < 4.78 is 9.46. The number of hydrogen-bond donors (Lipinski definition) is 1. The van der Waals surface area contributed by atoms with Crippen LogP contribution in [0.15, 0.2) is 12.2 Å². The number of methoxy groups -OCH3 is 1. The molecule has 5 heteroatoms. The predicted octanol–water partition coefficient (Wildman–Crippen LogP) is 1.63. The first-order valence-corrected chi connectivity index (χ1v) is 5.00. The lowest BCUT2D eigenvalue weighted by Gasteiger charge is -2.20. The fraction of sp³-hybridized carbons (Fsp3) is 0.636. The molecule has 0 aromatic rings. The van der Waals surface area contributed by atoms with E-state index in [0.29, 0.717) is 0 Å². The van der Waals surface area contributed by atoms with Crippen LogP contribution in [-0.2, 0) is 14.3 Å². The lowest BCUT2D eigenvalue weighted by Crippen LogP contribution is -2.36. The zero-order valence-electron chi connectivity index (χ0n) is 10.4. The molecular formula is C11H19NO4. The summed E-state index contributed by atoms with van der Waals surface area (Å²) in [5.41, 5.74) is -0.532.